The molecule has 1 aromatic carbocycles. The normalized spacial score (nSPS) is 15.7. The summed E-state index contributed by atoms with van der Waals surface area (Å²) in [5.41, 5.74) is 2.88. The average molecular weight is 261 g/mol. The van der Waals surface area contributed by atoms with Crippen LogP contribution in [0.2, 0.25) is 0 Å². The first-order valence-electron chi connectivity index (χ1n) is 7.04. The summed E-state index contributed by atoms with van der Waals surface area (Å²) in [4.78, 5) is 12.3. The van der Waals surface area contributed by atoms with E-state index in [1.165, 1.54) is 25.7 Å². The SMILES string of the molecule is COc1ccc(C(=O)CNC2CCCC2)c(C)c1C. The molecule has 0 unspecified atom stereocenters. The van der Waals surface area contributed by atoms with Gasteiger partial charge >= 0.3 is 0 Å². The summed E-state index contributed by atoms with van der Waals surface area (Å²) in [6.45, 7) is 4.42. The lowest BCUT2D eigenvalue weighted by atomic mass is 9.99. The Hall–Kier alpha value is -1.35. The van der Waals surface area contributed by atoms with E-state index in [0.717, 1.165) is 22.4 Å². The first kappa shape index (κ1) is 14.1. The van der Waals surface area contributed by atoms with Gasteiger partial charge < -0.3 is 10.1 Å². The van der Waals surface area contributed by atoms with Crippen LogP contribution in [0.4, 0.5) is 0 Å². The summed E-state index contributed by atoms with van der Waals surface area (Å²) < 4.78 is 5.27. The molecule has 19 heavy (non-hydrogen) atoms. The highest BCUT2D eigenvalue weighted by Gasteiger charge is 2.17. The first-order chi connectivity index (χ1) is 9.13. The lowest BCUT2D eigenvalue weighted by Gasteiger charge is -2.14. The number of carbonyl (C=O) groups is 1. The van der Waals surface area contributed by atoms with Crippen molar-refractivity contribution in [2.45, 2.75) is 45.6 Å². The molecule has 0 radical (unpaired) electrons. The van der Waals surface area contributed by atoms with Gasteiger partial charge in [-0.2, -0.15) is 0 Å². The van der Waals surface area contributed by atoms with Gasteiger partial charge in [0.15, 0.2) is 5.78 Å². The van der Waals surface area contributed by atoms with Gasteiger partial charge in [0.25, 0.3) is 0 Å². The van der Waals surface area contributed by atoms with E-state index in [2.05, 4.69) is 5.32 Å². The van der Waals surface area contributed by atoms with Crippen LogP contribution in [0.25, 0.3) is 0 Å². The maximum Gasteiger partial charge on any atom is 0.176 e. The molecule has 1 aliphatic carbocycles. The molecule has 1 fully saturated rings. The van der Waals surface area contributed by atoms with Crippen molar-refractivity contribution in [1.82, 2.24) is 5.32 Å². The zero-order chi connectivity index (χ0) is 13.8. The highest BCUT2D eigenvalue weighted by molar-refractivity contribution is 5.99. The lowest BCUT2D eigenvalue weighted by molar-refractivity contribution is 0.0986. The molecule has 1 saturated carbocycles. The predicted octanol–water partition coefficient (Wildman–Crippen LogP) is 3.03. The largest absolute Gasteiger partial charge is 0.496 e. The van der Waals surface area contributed by atoms with Gasteiger partial charge in [-0.1, -0.05) is 12.8 Å². The fraction of sp³-hybridized carbons (Fsp3) is 0.562. The topological polar surface area (TPSA) is 38.3 Å². The Bertz CT molecular complexity index is 462. The lowest BCUT2D eigenvalue weighted by Crippen LogP contribution is -2.31. The number of hydrogen-bond donors (Lipinski definition) is 1. The average Bonchev–Trinajstić information content (AvgIpc) is 2.92. The minimum Gasteiger partial charge on any atom is -0.496 e. The predicted molar refractivity (Wildman–Crippen MR) is 77.1 cm³/mol. The Morgan fingerprint density at radius 3 is 2.58 bits per heavy atom. The van der Waals surface area contributed by atoms with E-state index in [-0.39, 0.29) is 5.78 Å². The van der Waals surface area contributed by atoms with Crippen molar-refractivity contribution in [3.05, 3.63) is 28.8 Å². The molecule has 1 aliphatic rings. The number of benzene rings is 1. The number of carbonyl (C=O) groups excluding carboxylic acids is 1. The third kappa shape index (κ3) is 3.16. The molecule has 0 saturated heterocycles. The Morgan fingerprint density at radius 1 is 1.26 bits per heavy atom. The first-order valence-corrected chi connectivity index (χ1v) is 7.04. The van der Waals surface area contributed by atoms with E-state index in [1.807, 2.05) is 26.0 Å². The molecule has 1 aromatic rings. The van der Waals surface area contributed by atoms with Crippen LogP contribution in [0.5, 0.6) is 5.75 Å². The number of rotatable bonds is 5. The van der Waals surface area contributed by atoms with Crippen molar-refractivity contribution in [2.24, 2.45) is 0 Å². The highest BCUT2D eigenvalue weighted by atomic mass is 16.5. The molecular formula is C16H23NO2. The number of methoxy groups -OCH3 is 1. The summed E-state index contributed by atoms with van der Waals surface area (Å²) in [5, 5.41) is 3.37. The van der Waals surface area contributed by atoms with Crippen LogP contribution in [-0.4, -0.2) is 25.5 Å². The number of nitrogens with one attached hydrogen (secondary N) is 1. The number of Topliss-reactive ketones (excluding diaryl/α,β-unsaturated/α-hetero) is 1. The molecule has 2 rings (SSSR count). The zero-order valence-electron chi connectivity index (χ0n) is 12.1. The zero-order valence-corrected chi connectivity index (χ0v) is 12.1. The van der Waals surface area contributed by atoms with Gasteiger partial charge in [0, 0.05) is 11.6 Å². The van der Waals surface area contributed by atoms with Gasteiger partial charge in [-0.15, -0.1) is 0 Å². The van der Waals surface area contributed by atoms with E-state index < -0.39 is 0 Å². The van der Waals surface area contributed by atoms with Crippen molar-refractivity contribution < 1.29 is 9.53 Å². The van der Waals surface area contributed by atoms with Crippen LogP contribution in [0, 0.1) is 13.8 Å². The van der Waals surface area contributed by atoms with Crippen molar-refractivity contribution in [3.8, 4) is 5.75 Å². The molecule has 0 aliphatic heterocycles. The molecule has 0 aromatic heterocycles. The van der Waals surface area contributed by atoms with Crippen molar-refractivity contribution in [3.63, 3.8) is 0 Å². The minimum absolute atomic E-state index is 0.176. The minimum atomic E-state index is 0.176. The van der Waals surface area contributed by atoms with Crippen molar-refractivity contribution in [2.75, 3.05) is 13.7 Å². The second kappa shape index (κ2) is 6.20. The van der Waals surface area contributed by atoms with E-state index >= 15 is 0 Å². The third-order valence-electron chi connectivity index (χ3n) is 4.16. The second-order valence-corrected chi connectivity index (χ2v) is 5.35. The highest BCUT2D eigenvalue weighted by Crippen LogP contribution is 2.24. The molecule has 0 amide bonds. The van der Waals surface area contributed by atoms with Crippen LogP contribution in [0.1, 0.15) is 47.2 Å². The van der Waals surface area contributed by atoms with Gasteiger partial charge in [-0.05, 0) is 49.9 Å². The molecule has 3 nitrogen and oxygen atoms in total. The maximum atomic E-state index is 12.3. The Morgan fingerprint density at radius 2 is 1.95 bits per heavy atom. The molecule has 0 bridgehead atoms. The smallest absolute Gasteiger partial charge is 0.176 e. The van der Waals surface area contributed by atoms with Crippen LogP contribution in [0.3, 0.4) is 0 Å². The van der Waals surface area contributed by atoms with Crippen molar-refractivity contribution >= 4 is 5.78 Å². The number of ketones is 1. The van der Waals surface area contributed by atoms with Crippen molar-refractivity contribution in [1.29, 1.82) is 0 Å². The quantitative estimate of drug-likeness (QED) is 0.828. The fourth-order valence-electron chi connectivity index (χ4n) is 2.78. The third-order valence-corrected chi connectivity index (χ3v) is 4.16. The summed E-state index contributed by atoms with van der Waals surface area (Å²) in [6, 6.07) is 4.29. The Kier molecular flexibility index (Phi) is 4.59. The molecule has 1 N–H and O–H groups in total. The standard InChI is InChI=1S/C16H23NO2/c1-11-12(2)16(19-3)9-8-14(11)15(18)10-17-13-6-4-5-7-13/h8-9,13,17H,4-7,10H2,1-3H3. The number of ether oxygens (including phenoxy) is 1. The summed E-state index contributed by atoms with van der Waals surface area (Å²) in [7, 11) is 1.66. The van der Waals surface area contributed by atoms with E-state index in [0.29, 0.717) is 12.6 Å². The molecule has 0 spiro atoms. The summed E-state index contributed by atoms with van der Waals surface area (Å²) >= 11 is 0. The van der Waals surface area contributed by atoms with Gasteiger partial charge in [-0.3, -0.25) is 4.79 Å². The van der Waals surface area contributed by atoms with Crippen LogP contribution in [0.15, 0.2) is 12.1 Å². The Labute approximate surface area is 115 Å². The second-order valence-electron chi connectivity index (χ2n) is 5.35. The van der Waals surface area contributed by atoms with E-state index in [1.54, 1.807) is 7.11 Å². The van der Waals surface area contributed by atoms with Gasteiger partial charge in [0.2, 0.25) is 0 Å². The van der Waals surface area contributed by atoms with Gasteiger partial charge in [0.05, 0.1) is 13.7 Å². The van der Waals surface area contributed by atoms with E-state index in [9.17, 15) is 4.79 Å². The van der Waals surface area contributed by atoms with E-state index in [4.69, 9.17) is 4.74 Å². The molecule has 3 heteroatoms. The molecule has 104 valence electrons. The molecule has 0 heterocycles. The molecular weight excluding hydrogens is 238 g/mol. The van der Waals surface area contributed by atoms with Gasteiger partial charge in [-0.25, -0.2) is 0 Å². The monoisotopic (exact) mass is 261 g/mol. The van der Waals surface area contributed by atoms with Crippen LogP contribution >= 0.6 is 0 Å². The summed E-state index contributed by atoms with van der Waals surface area (Å²) in [6.07, 6.45) is 4.97. The molecule has 0 atom stereocenters. The number of hydrogen-bond acceptors (Lipinski definition) is 3. The van der Waals surface area contributed by atoms with Crippen LogP contribution in [-0.2, 0) is 0 Å². The van der Waals surface area contributed by atoms with Crippen LogP contribution < -0.4 is 10.1 Å². The maximum absolute atomic E-state index is 12.3. The Balaban J connectivity index is 2.04. The fourth-order valence-corrected chi connectivity index (χ4v) is 2.78. The van der Waals surface area contributed by atoms with Gasteiger partial charge in [0.1, 0.15) is 5.75 Å². The summed E-state index contributed by atoms with van der Waals surface area (Å²) in [5.74, 6) is 1.02.